The van der Waals surface area contributed by atoms with Crippen molar-refractivity contribution in [1.29, 1.82) is 0 Å². The molecule has 0 saturated heterocycles. The van der Waals surface area contributed by atoms with Gasteiger partial charge in [0.2, 0.25) is 0 Å². The van der Waals surface area contributed by atoms with Crippen molar-refractivity contribution >= 4 is 16.9 Å². The van der Waals surface area contributed by atoms with Crippen LogP contribution in [0, 0.1) is 0 Å². The first-order valence-corrected chi connectivity index (χ1v) is 7.52. The molecule has 2 N–H and O–H groups in total. The van der Waals surface area contributed by atoms with Crippen molar-refractivity contribution < 1.29 is 4.79 Å². The van der Waals surface area contributed by atoms with Crippen molar-refractivity contribution in [3.8, 4) is 0 Å². The molecule has 0 aliphatic carbocycles. The summed E-state index contributed by atoms with van der Waals surface area (Å²) in [5.41, 5.74) is -0.391. The van der Waals surface area contributed by atoms with Gasteiger partial charge in [0.25, 0.3) is 11.5 Å². The number of nitrogens with one attached hydrogen (secondary N) is 2. The number of amides is 1. The number of H-pyrrole nitrogens is 1. The molecule has 2 aromatic heterocycles. The molecule has 0 aliphatic rings. The second kappa shape index (κ2) is 7.19. The number of carbonyl (C=O) groups is 1. The molecule has 0 bridgehead atoms. The second-order valence-corrected chi connectivity index (χ2v) is 5.34. The van der Waals surface area contributed by atoms with Crippen LogP contribution in [0.25, 0.3) is 11.0 Å². The third-order valence-electron chi connectivity index (χ3n) is 3.57. The van der Waals surface area contributed by atoms with Gasteiger partial charge < -0.3 is 10.2 Å². The predicted molar refractivity (Wildman–Crippen MR) is 87.8 cm³/mol. The average Bonchev–Trinajstić information content (AvgIpc) is 2.55. The van der Waals surface area contributed by atoms with E-state index in [1.807, 2.05) is 14.0 Å². The minimum atomic E-state index is -0.530. The quantitative estimate of drug-likeness (QED) is 0.767. The van der Waals surface area contributed by atoms with Crippen molar-refractivity contribution in [2.24, 2.45) is 0 Å². The van der Waals surface area contributed by atoms with Gasteiger partial charge in [0.05, 0.1) is 10.9 Å². The summed E-state index contributed by atoms with van der Waals surface area (Å²) in [6.45, 7) is 3.59. The van der Waals surface area contributed by atoms with Crippen LogP contribution in [0.3, 0.4) is 0 Å². The minimum Gasteiger partial charge on any atom is -0.340 e. The van der Waals surface area contributed by atoms with E-state index in [0.29, 0.717) is 30.8 Å². The highest BCUT2D eigenvalue weighted by Crippen LogP contribution is 2.10. The Morgan fingerprint density at radius 1 is 1.43 bits per heavy atom. The highest BCUT2D eigenvalue weighted by atomic mass is 16.2. The van der Waals surface area contributed by atoms with Crippen LogP contribution in [0.5, 0.6) is 0 Å². The van der Waals surface area contributed by atoms with Crippen LogP contribution in [0.15, 0.2) is 21.9 Å². The lowest BCUT2D eigenvalue weighted by molar-refractivity contribution is 0.0796. The molecule has 0 fully saturated rings. The van der Waals surface area contributed by atoms with Gasteiger partial charge in [0.15, 0.2) is 0 Å². The highest BCUT2D eigenvalue weighted by molar-refractivity contribution is 5.96. The van der Waals surface area contributed by atoms with Crippen molar-refractivity contribution in [3.05, 3.63) is 38.7 Å². The topological polar surface area (TPSA) is 100 Å². The van der Waals surface area contributed by atoms with Crippen molar-refractivity contribution in [3.63, 3.8) is 0 Å². The number of hydrogen-bond donors (Lipinski definition) is 2. The predicted octanol–water partition coefficient (Wildman–Crippen LogP) is -0.214. The van der Waals surface area contributed by atoms with Crippen LogP contribution < -0.4 is 16.6 Å². The van der Waals surface area contributed by atoms with Gasteiger partial charge in [0, 0.05) is 32.9 Å². The summed E-state index contributed by atoms with van der Waals surface area (Å²) < 4.78 is 1.41. The van der Waals surface area contributed by atoms with Gasteiger partial charge in [-0.1, -0.05) is 6.92 Å². The monoisotopic (exact) mass is 319 g/mol. The van der Waals surface area contributed by atoms with Gasteiger partial charge >= 0.3 is 5.69 Å². The minimum absolute atomic E-state index is 0.220. The Morgan fingerprint density at radius 3 is 2.83 bits per heavy atom. The van der Waals surface area contributed by atoms with E-state index in [-0.39, 0.29) is 11.3 Å². The van der Waals surface area contributed by atoms with E-state index in [1.165, 1.54) is 16.8 Å². The zero-order chi connectivity index (χ0) is 17.0. The number of pyridine rings is 1. The maximum Gasteiger partial charge on any atom is 0.329 e. The molecule has 0 saturated carbocycles. The summed E-state index contributed by atoms with van der Waals surface area (Å²) >= 11 is 0. The average molecular weight is 319 g/mol. The second-order valence-electron chi connectivity index (χ2n) is 5.34. The molecule has 0 aliphatic heterocycles. The Kier molecular flexibility index (Phi) is 5.28. The lowest BCUT2D eigenvalue weighted by Gasteiger charge is -2.17. The Bertz CT molecular complexity index is 824. The SMILES string of the molecule is CCCn1c(=O)[nH]c(=O)c2cc(C(=O)N(C)CCNC)cnc21. The lowest BCUT2D eigenvalue weighted by Crippen LogP contribution is -2.34. The molecule has 2 aromatic rings. The smallest absolute Gasteiger partial charge is 0.329 e. The summed E-state index contributed by atoms with van der Waals surface area (Å²) in [4.78, 5) is 44.3. The molecule has 2 heterocycles. The number of carbonyl (C=O) groups excluding carboxylic acids is 1. The molecule has 8 heteroatoms. The lowest BCUT2D eigenvalue weighted by atomic mass is 10.2. The first kappa shape index (κ1) is 16.9. The summed E-state index contributed by atoms with van der Waals surface area (Å²) in [5.74, 6) is -0.220. The summed E-state index contributed by atoms with van der Waals surface area (Å²) in [7, 11) is 3.49. The largest absolute Gasteiger partial charge is 0.340 e. The molecular weight excluding hydrogens is 298 g/mol. The van der Waals surface area contributed by atoms with Gasteiger partial charge in [-0.2, -0.15) is 0 Å². The van der Waals surface area contributed by atoms with E-state index in [9.17, 15) is 14.4 Å². The van der Waals surface area contributed by atoms with E-state index in [1.54, 1.807) is 11.9 Å². The standard InChI is InChI=1S/C15H21N5O3/c1-4-6-20-12-11(13(21)18-15(20)23)8-10(9-17-12)14(22)19(3)7-5-16-2/h8-9,16H,4-7H2,1-3H3,(H,18,21,23). The number of aromatic amines is 1. The fourth-order valence-corrected chi connectivity index (χ4v) is 2.32. The molecule has 0 aromatic carbocycles. The van der Waals surface area contributed by atoms with Crippen LogP contribution in [0.2, 0.25) is 0 Å². The van der Waals surface area contributed by atoms with Crippen LogP contribution in [-0.4, -0.2) is 52.5 Å². The zero-order valence-electron chi connectivity index (χ0n) is 13.5. The third kappa shape index (κ3) is 3.48. The van der Waals surface area contributed by atoms with Gasteiger partial charge in [-0.25, -0.2) is 9.78 Å². The Morgan fingerprint density at radius 2 is 2.17 bits per heavy atom. The van der Waals surface area contributed by atoms with Crippen molar-refractivity contribution in [1.82, 2.24) is 24.8 Å². The summed E-state index contributed by atoms with van der Waals surface area (Å²) in [6, 6.07) is 1.49. The van der Waals surface area contributed by atoms with Gasteiger partial charge in [-0.3, -0.25) is 19.1 Å². The maximum atomic E-state index is 12.4. The van der Waals surface area contributed by atoms with Gasteiger partial charge in [-0.05, 0) is 19.5 Å². The van der Waals surface area contributed by atoms with Crippen LogP contribution in [0.4, 0.5) is 0 Å². The number of hydrogen-bond acceptors (Lipinski definition) is 5. The van der Waals surface area contributed by atoms with Crippen LogP contribution in [0.1, 0.15) is 23.7 Å². The van der Waals surface area contributed by atoms with E-state index in [0.717, 1.165) is 6.42 Å². The normalized spacial score (nSPS) is 10.9. The van der Waals surface area contributed by atoms with Crippen LogP contribution >= 0.6 is 0 Å². The fourth-order valence-electron chi connectivity index (χ4n) is 2.32. The fraction of sp³-hybridized carbons (Fsp3) is 0.467. The molecule has 23 heavy (non-hydrogen) atoms. The van der Waals surface area contributed by atoms with Crippen molar-refractivity contribution in [2.75, 3.05) is 27.2 Å². The van der Waals surface area contributed by atoms with E-state index < -0.39 is 11.2 Å². The molecule has 2 rings (SSSR count). The van der Waals surface area contributed by atoms with E-state index in [4.69, 9.17) is 0 Å². The molecule has 8 nitrogen and oxygen atoms in total. The first-order chi connectivity index (χ1) is 11.0. The first-order valence-electron chi connectivity index (χ1n) is 7.52. The molecule has 1 amide bonds. The number of aryl methyl sites for hydroxylation is 1. The molecule has 0 unspecified atom stereocenters. The number of rotatable bonds is 6. The molecule has 0 atom stereocenters. The van der Waals surface area contributed by atoms with E-state index >= 15 is 0 Å². The zero-order valence-corrected chi connectivity index (χ0v) is 13.5. The molecular formula is C15H21N5O3. The number of aromatic nitrogens is 3. The Hall–Kier alpha value is -2.48. The maximum absolute atomic E-state index is 12.4. The molecule has 0 spiro atoms. The Balaban J connectivity index is 2.49. The Labute approximate surface area is 133 Å². The van der Waals surface area contributed by atoms with Crippen molar-refractivity contribution in [2.45, 2.75) is 19.9 Å². The number of likely N-dealkylation sites (N-methyl/N-ethyl adjacent to an activating group) is 2. The molecule has 0 radical (unpaired) electrons. The number of nitrogens with zero attached hydrogens (tertiary/aromatic N) is 3. The third-order valence-corrected chi connectivity index (χ3v) is 3.57. The van der Waals surface area contributed by atoms with Gasteiger partial charge in [-0.15, -0.1) is 0 Å². The van der Waals surface area contributed by atoms with E-state index in [2.05, 4.69) is 15.3 Å². The summed E-state index contributed by atoms with van der Waals surface area (Å²) in [6.07, 6.45) is 2.14. The van der Waals surface area contributed by atoms with Crippen LogP contribution in [-0.2, 0) is 6.54 Å². The number of fused-ring (bicyclic) bond motifs is 1. The summed E-state index contributed by atoms with van der Waals surface area (Å²) in [5, 5.41) is 3.21. The highest BCUT2D eigenvalue weighted by Gasteiger charge is 2.15. The molecule has 124 valence electrons. The van der Waals surface area contributed by atoms with Gasteiger partial charge in [0.1, 0.15) is 5.65 Å².